The fraction of sp³-hybridized carbons (Fsp3) is 0.310. The van der Waals surface area contributed by atoms with Gasteiger partial charge in [0.1, 0.15) is 24.2 Å². The molecule has 0 spiro atoms. The summed E-state index contributed by atoms with van der Waals surface area (Å²) in [5.74, 6) is -0.859. The largest absolute Gasteiger partial charge is 0.497 e. The maximum atomic E-state index is 13.9. The number of amides is 2. The molecule has 0 bridgehead atoms. The Morgan fingerprint density at radius 2 is 1.54 bits per heavy atom. The normalized spacial score (nSPS) is 12.1. The number of sulfonamides is 1. The number of hydrogen-bond donors (Lipinski definition) is 1. The van der Waals surface area contributed by atoms with E-state index in [0.29, 0.717) is 11.3 Å². The average molecular weight is 556 g/mol. The van der Waals surface area contributed by atoms with E-state index in [1.54, 1.807) is 24.3 Å². The van der Waals surface area contributed by atoms with Crippen LogP contribution in [0.1, 0.15) is 25.0 Å². The average Bonchev–Trinajstić information content (AvgIpc) is 2.90. The number of carbonyl (C=O) groups is 2. The predicted molar refractivity (Wildman–Crippen MR) is 149 cm³/mol. The van der Waals surface area contributed by atoms with Crippen LogP contribution in [0.15, 0.2) is 78.9 Å². The zero-order valence-electron chi connectivity index (χ0n) is 22.5. The number of hydrogen-bond acceptors (Lipinski definition) is 5. The lowest BCUT2D eigenvalue weighted by atomic mass is 10.0. The third-order valence-corrected chi connectivity index (χ3v) is 7.15. The molecule has 3 aromatic carbocycles. The van der Waals surface area contributed by atoms with Gasteiger partial charge in [-0.25, -0.2) is 12.8 Å². The molecule has 0 heterocycles. The van der Waals surface area contributed by atoms with E-state index >= 15 is 0 Å². The number of benzene rings is 3. The highest BCUT2D eigenvalue weighted by Crippen LogP contribution is 2.23. The summed E-state index contributed by atoms with van der Waals surface area (Å²) < 4.78 is 45.3. The molecule has 0 aromatic heterocycles. The first-order chi connectivity index (χ1) is 18.5. The number of rotatable bonds is 12. The molecular weight excluding hydrogens is 521 g/mol. The molecule has 1 N–H and O–H groups in total. The first-order valence-corrected chi connectivity index (χ1v) is 14.3. The molecule has 0 aliphatic heterocycles. The summed E-state index contributed by atoms with van der Waals surface area (Å²) in [5.41, 5.74) is 1.70. The van der Waals surface area contributed by atoms with Crippen molar-refractivity contribution < 1.29 is 27.1 Å². The van der Waals surface area contributed by atoms with Gasteiger partial charge in [0.05, 0.1) is 19.1 Å². The van der Waals surface area contributed by atoms with Crippen molar-refractivity contribution in [2.24, 2.45) is 0 Å². The second-order valence-corrected chi connectivity index (χ2v) is 11.4. The van der Waals surface area contributed by atoms with Crippen molar-refractivity contribution >= 4 is 27.5 Å². The molecule has 1 unspecified atom stereocenters. The van der Waals surface area contributed by atoms with Crippen molar-refractivity contribution in [3.8, 4) is 5.75 Å². The summed E-state index contributed by atoms with van der Waals surface area (Å²) in [6.45, 7) is 3.08. The van der Waals surface area contributed by atoms with Crippen LogP contribution in [0.4, 0.5) is 10.1 Å². The van der Waals surface area contributed by atoms with Crippen LogP contribution in [-0.2, 0) is 32.6 Å². The number of carbonyl (C=O) groups excluding carboxylic acids is 2. The number of ether oxygens (including phenoxy) is 1. The zero-order valence-corrected chi connectivity index (χ0v) is 23.3. The SMILES string of the molecule is COc1ccc(N(CC(=O)N(Cc2ccc(F)cc2)C(Cc2ccccc2)C(=O)NC(C)C)S(C)(=O)=O)cc1. The minimum absolute atomic E-state index is 0.0255. The summed E-state index contributed by atoms with van der Waals surface area (Å²) in [4.78, 5) is 28.8. The van der Waals surface area contributed by atoms with Crippen molar-refractivity contribution in [2.45, 2.75) is 38.9 Å². The fourth-order valence-corrected chi connectivity index (χ4v) is 4.93. The lowest BCUT2D eigenvalue weighted by Gasteiger charge is -2.34. The van der Waals surface area contributed by atoms with E-state index in [-0.39, 0.29) is 30.6 Å². The second kappa shape index (κ2) is 13.2. The highest BCUT2D eigenvalue weighted by molar-refractivity contribution is 7.92. The van der Waals surface area contributed by atoms with Crippen LogP contribution < -0.4 is 14.4 Å². The van der Waals surface area contributed by atoms with Crippen LogP contribution in [0, 0.1) is 5.82 Å². The maximum absolute atomic E-state index is 13.9. The van der Waals surface area contributed by atoms with Gasteiger partial charge in [0.15, 0.2) is 0 Å². The van der Waals surface area contributed by atoms with E-state index in [1.165, 1.54) is 36.3 Å². The van der Waals surface area contributed by atoms with E-state index in [9.17, 15) is 22.4 Å². The number of methoxy groups -OCH3 is 1. The molecule has 0 saturated carbocycles. The Morgan fingerprint density at radius 3 is 2.08 bits per heavy atom. The monoisotopic (exact) mass is 555 g/mol. The minimum atomic E-state index is -3.87. The number of nitrogens with zero attached hydrogens (tertiary/aromatic N) is 2. The molecule has 3 aromatic rings. The zero-order chi connectivity index (χ0) is 28.6. The van der Waals surface area contributed by atoms with Gasteiger partial charge < -0.3 is 15.0 Å². The first-order valence-electron chi connectivity index (χ1n) is 12.5. The second-order valence-electron chi connectivity index (χ2n) is 9.48. The van der Waals surface area contributed by atoms with Crippen molar-refractivity contribution in [1.82, 2.24) is 10.2 Å². The summed E-state index contributed by atoms with van der Waals surface area (Å²) in [6.07, 6.45) is 1.22. The molecule has 0 radical (unpaired) electrons. The van der Waals surface area contributed by atoms with Crippen LogP contribution >= 0.6 is 0 Å². The Hall–Kier alpha value is -3.92. The molecule has 0 fully saturated rings. The number of anilines is 1. The Balaban J connectivity index is 2.03. The smallest absolute Gasteiger partial charge is 0.244 e. The summed E-state index contributed by atoms with van der Waals surface area (Å²) >= 11 is 0. The van der Waals surface area contributed by atoms with E-state index in [1.807, 2.05) is 44.2 Å². The molecule has 208 valence electrons. The molecule has 0 aliphatic rings. The van der Waals surface area contributed by atoms with E-state index in [4.69, 9.17) is 4.74 Å². The topological polar surface area (TPSA) is 96.0 Å². The molecule has 1 atom stereocenters. The van der Waals surface area contributed by atoms with E-state index in [2.05, 4.69) is 5.32 Å². The van der Waals surface area contributed by atoms with Gasteiger partial charge in [-0.05, 0) is 61.4 Å². The van der Waals surface area contributed by atoms with Gasteiger partial charge >= 0.3 is 0 Å². The molecule has 39 heavy (non-hydrogen) atoms. The molecule has 10 heteroatoms. The van der Waals surface area contributed by atoms with E-state index < -0.39 is 34.3 Å². The predicted octanol–water partition coefficient (Wildman–Crippen LogP) is 3.77. The molecule has 0 aliphatic carbocycles. The van der Waals surface area contributed by atoms with Crippen molar-refractivity contribution in [1.29, 1.82) is 0 Å². The number of halogens is 1. The van der Waals surface area contributed by atoms with Crippen LogP contribution in [0.5, 0.6) is 5.75 Å². The Labute approximate surface area is 229 Å². The maximum Gasteiger partial charge on any atom is 0.244 e. The fourth-order valence-electron chi connectivity index (χ4n) is 4.08. The van der Waals surface area contributed by atoms with Gasteiger partial charge in [-0.2, -0.15) is 0 Å². The summed E-state index contributed by atoms with van der Waals surface area (Å²) in [6, 6.07) is 20.0. The molecule has 8 nitrogen and oxygen atoms in total. The van der Waals surface area contributed by atoms with Gasteiger partial charge in [-0.3, -0.25) is 13.9 Å². The van der Waals surface area contributed by atoms with Crippen molar-refractivity contribution in [2.75, 3.05) is 24.2 Å². The lowest BCUT2D eigenvalue weighted by molar-refractivity contribution is -0.140. The Morgan fingerprint density at radius 1 is 0.923 bits per heavy atom. The van der Waals surface area contributed by atoms with E-state index in [0.717, 1.165) is 16.1 Å². The molecule has 3 rings (SSSR count). The first kappa shape index (κ1) is 29.6. The molecule has 2 amide bonds. The summed E-state index contributed by atoms with van der Waals surface area (Å²) in [5, 5.41) is 2.88. The van der Waals surface area contributed by atoms with Gasteiger partial charge in [0.25, 0.3) is 0 Å². The van der Waals surface area contributed by atoms with Crippen LogP contribution in [-0.4, -0.2) is 57.1 Å². The van der Waals surface area contributed by atoms with Gasteiger partial charge in [0.2, 0.25) is 21.8 Å². The van der Waals surface area contributed by atoms with Crippen molar-refractivity contribution in [3.05, 3.63) is 95.8 Å². The summed E-state index contributed by atoms with van der Waals surface area (Å²) in [7, 11) is -2.38. The Kier molecular flexibility index (Phi) is 10.1. The minimum Gasteiger partial charge on any atom is -0.497 e. The van der Waals surface area contributed by atoms with Crippen LogP contribution in [0.2, 0.25) is 0 Å². The van der Waals surface area contributed by atoms with Gasteiger partial charge in [0, 0.05) is 19.0 Å². The third-order valence-electron chi connectivity index (χ3n) is 6.01. The standard InChI is InChI=1S/C29H34FN3O5S/c1-21(2)31-29(35)27(18-22-8-6-5-7-9-22)32(19-23-10-12-24(30)13-11-23)28(34)20-33(39(4,36)37)25-14-16-26(38-3)17-15-25/h5-17,21,27H,18-20H2,1-4H3,(H,31,35). The van der Waals surface area contributed by atoms with Gasteiger partial charge in [-0.15, -0.1) is 0 Å². The Bertz CT molecular complexity index is 1350. The lowest BCUT2D eigenvalue weighted by Crippen LogP contribution is -2.54. The highest BCUT2D eigenvalue weighted by atomic mass is 32.2. The van der Waals surface area contributed by atoms with Crippen LogP contribution in [0.3, 0.4) is 0 Å². The number of nitrogens with one attached hydrogen (secondary N) is 1. The van der Waals surface area contributed by atoms with Gasteiger partial charge in [-0.1, -0.05) is 42.5 Å². The highest BCUT2D eigenvalue weighted by Gasteiger charge is 2.33. The third kappa shape index (κ3) is 8.54. The van der Waals surface area contributed by atoms with Crippen molar-refractivity contribution in [3.63, 3.8) is 0 Å². The molecular formula is C29H34FN3O5S. The molecule has 0 saturated heterocycles. The van der Waals surface area contributed by atoms with Crippen LogP contribution in [0.25, 0.3) is 0 Å². The quantitative estimate of drug-likeness (QED) is 0.367.